The summed E-state index contributed by atoms with van der Waals surface area (Å²) in [4.78, 5) is 0. The summed E-state index contributed by atoms with van der Waals surface area (Å²) in [6.07, 6.45) is 0. The summed E-state index contributed by atoms with van der Waals surface area (Å²) in [5.74, 6) is 0. The van der Waals surface area contributed by atoms with Gasteiger partial charge in [-0.2, -0.15) is 0 Å². The summed E-state index contributed by atoms with van der Waals surface area (Å²) >= 11 is 0. The third-order valence-corrected chi connectivity index (χ3v) is 10.4. The zero-order chi connectivity index (χ0) is 32.1. The predicted octanol–water partition coefficient (Wildman–Crippen LogP) is 12.1. The van der Waals surface area contributed by atoms with Gasteiger partial charge in [0.25, 0.3) is 0 Å². The Morgan fingerprint density at radius 2 is 0.633 bits per heavy atom. The summed E-state index contributed by atoms with van der Waals surface area (Å²) < 4.78 is 7.27. The van der Waals surface area contributed by atoms with Crippen molar-refractivity contribution in [2.24, 2.45) is 0 Å². The molecule has 3 heteroatoms. The molecule has 0 bridgehead atoms. The Kier molecular flexibility index (Phi) is 5.38. The number of benzene rings is 8. The Morgan fingerprint density at radius 3 is 1.20 bits per heavy atom. The first-order valence-corrected chi connectivity index (χ1v) is 16.9. The molecule has 3 aromatic heterocycles. The SMILES string of the molecule is c1ccc2c(-n3c4ccccc4c4c5c6ccccc6n(-c6ccc(-n7c8ccccc8c8ccccc87)cc6)c5ccc43)cccc2c1. The van der Waals surface area contributed by atoms with Gasteiger partial charge >= 0.3 is 0 Å². The van der Waals surface area contributed by atoms with Gasteiger partial charge in [-0.05, 0) is 72.1 Å². The molecule has 11 rings (SSSR count). The lowest BCUT2D eigenvalue weighted by Crippen LogP contribution is -1.97. The van der Waals surface area contributed by atoms with E-state index in [9.17, 15) is 0 Å². The number of aromatic nitrogens is 3. The van der Waals surface area contributed by atoms with Crippen molar-refractivity contribution in [1.82, 2.24) is 13.7 Å². The number of fused-ring (bicyclic) bond motifs is 11. The zero-order valence-electron chi connectivity index (χ0n) is 26.6. The molecule has 11 aromatic rings. The van der Waals surface area contributed by atoms with E-state index in [0.717, 1.165) is 11.4 Å². The molecule has 3 nitrogen and oxygen atoms in total. The van der Waals surface area contributed by atoms with Crippen molar-refractivity contribution in [3.8, 4) is 17.1 Å². The maximum Gasteiger partial charge on any atom is 0.0549 e. The molecule has 0 saturated heterocycles. The topological polar surface area (TPSA) is 14.8 Å². The summed E-state index contributed by atoms with van der Waals surface area (Å²) in [5.41, 5.74) is 10.8. The van der Waals surface area contributed by atoms with Crippen molar-refractivity contribution in [3.63, 3.8) is 0 Å². The van der Waals surface area contributed by atoms with Gasteiger partial charge in [0.05, 0.1) is 38.8 Å². The van der Waals surface area contributed by atoms with E-state index >= 15 is 0 Å². The summed E-state index contributed by atoms with van der Waals surface area (Å²) in [7, 11) is 0. The highest BCUT2D eigenvalue weighted by molar-refractivity contribution is 6.29. The second-order valence-electron chi connectivity index (χ2n) is 12.9. The summed E-state index contributed by atoms with van der Waals surface area (Å²) in [6.45, 7) is 0. The van der Waals surface area contributed by atoms with E-state index in [0.29, 0.717) is 0 Å². The fourth-order valence-corrected chi connectivity index (χ4v) is 8.41. The van der Waals surface area contributed by atoms with Crippen molar-refractivity contribution in [2.75, 3.05) is 0 Å². The minimum atomic E-state index is 1.15. The maximum absolute atomic E-state index is 2.46. The zero-order valence-corrected chi connectivity index (χ0v) is 26.6. The number of hydrogen-bond donors (Lipinski definition) is 0. The highest BCUT2D eigenvalue weighted by Crippen LogP contribution is 2.43. The molecule has 0 fully saturated rings. The lowest BCUT2D eigenvalue weighted by molar-refractivity contribution is 1.14. The molecule has 0 saturated carbocycles. The van der Waals surface area contributed by atoms with Crippen molar-refractivity contribution >= 4 is 76.2 Å². The molecule has 3 heterocycles. The molecule has 49 heavy (non-hydrogen) atoms. The van der Waals surface area contributed by atoms with Crippen LogP contribution in [-0.2, 0) is 0 Å². The minimum absolute atomic E-state index is 1.15. The summed E-state index contributed by atoms with van der Waals surface area (Å²) in [6, 6.07) is 64.1. The van der Waals surface area contributed by atoms with Crippen molar-refractivity contribution < 1.29 is 0 Å². The highest BCUT2D eigenvalue weighted by Gasteiger charge is 2.21. The van der Waals surface area contributed by atoms with Crippen LogP contribution in [0.4, 0.5) is 0 Å². The Hall–Kier alpha value is -6.58. The van der Waals surface area contributed by atoms with E-state index in [4.69, 9.17) is 0 Å². The van der Waals surface area contributed by atoms with Gasteiger partial charge in [-0.1, -0.05) is 109 Å². The van der Waals surface area contributed by atoms with Gasteiger partial charge < -0.3 is 13.7 Å². The van der Waals surface area contributed by atoms with Crippen LogP contribution in [0.15, 0.2) is 176 Å². The molecule has 0 spiro atoms. The van der Waals surface area contributed by atoms with Crippen molar-refractivity contribution in [1.29, 1.82) is 0 Å². The van der Waals surface area contributed by atoms with Crippen LogP contribution in [0.2, 0.25) is 0 Å². The molecule has 0 aliphatic heterocycles. The van der Waals surface area contributed by atoms with Crippen molar-refractivity contribution in [2.45, 2.75) is 0 Å². The molecule has 0 aliphatic carbocycles. The fraction of sp³-hybridized carbons (Fsp3) is 0. The molecule has 0 atom stereocenters. The third kappa shape index (κ3) is 3.62. The lowest BCUT2D eigenvalue weighted by atomic mass is 10.1. The molecule has 0 unspecified atom stereocenters. The Balaban J connectivity index is 1.18. The average Bonchev–Trinajstić information content (AvgIpc) is 3.80. The molecular weight excluding hydrogens is 595 g/mol. The molecule has 0 N–H and O–H groups in total. The van der Waals surface area contributed by atoms with Crippen LogP contribution in [0.5, 0.6) is 0 Å². The second kappa shape index (κ2) is 9.96. The standard InChI is InChI=1S/C46H29N3/c1-2-14-33-30(12-1)13-11-23-38(33)49-42-22-10-6-18-37(42)46-44(49)29-28-43-45(46)36-17-5-9-21-41(36)48(43)32-26-24-31(25-27-32)47-39-19-7-3-15-34(39)35-16-4-8-20-40(35)47/h1-29H. The quantitative estimate of drug-likeness (QED) is 0.186. The van der Waals surface area contributed by atoms with Gasteiger partial charge in [-0.3, -0.25) is 0 Å². The van der Waals surface area contributed by atoms with Crippen LogP contribution in [0, 0.1) is 0 Å². The molecule has 0 radical (unpaired) electrons. The number of nitrogens with zero attached hydrogens (tertiary/aromatic N) is 3. The monoisotopic (exact) mass is 623 g/mol. The van der Waals surface area contributed by atoms with E-state index in [1.54, 1.807) is 0 Å². The molecule has 0 amide bonds. The fourth-order valence-electron chi connectivity index (χ4n) is 8.41. The molecule has 228 valence electrons. The van der Waals surface area contributed by atoms with Gasteiger partial charge in [-0.15, -0.1) is 0 Å². The van der Waals surface area contributed by atoms with Gasteiger partial charge in [0.15, 0.2) is 0 Å². The number of hydrogen-bond acceptors (Lipinski definition) is 0. The van der Waals surface area contributed by atoms with Gasteiger partial charge in [0.1, 0.15) is 0 Å². The van der Waals surface area contributed by atoms with Crippen LogP contribution in [-0.4, -0.2) is 13.7 Å². The van der Waals surface area contributed by atoms with Crippen LogP contribution in [0.1, 0.15) is 0 Å². The Morgan fingerprint density at radius 1 is 0.245 bits per heavy atom. The number of rotatable bonds is 3. The average molecular weight is 624 g/mol. The minimum Gasteiger partial charge on any atom is -0.309 e. The number of para-hydroxylation sites is 4. The summed E-state index contributed by atoms with van der Waals surface area (Å²) in [5, 5.41) is 10.1. The largest absolute Gasteiger partial charge is 0.309 e. The molecule has 0 aliphatic rings. The van der Waals surface area contributed by atoms with Gasteiger partial charge in [0.2, 0.25) is 0 Å². The van der Waals surface area contributed by atoms with Crippen LogP contribution >= 0.6 is 0 Å². The van der Waals surface area contributed by atoms with Gasteiger partial charge in [-0.25, -0.2) is 0 Å². The van der Waals surface area contributed by atoms with E-state index in [1.165, 1.54) is 81.9 Å². The predicted molar refractivity (Wildman–Crippen MR) is 207 cm³/mol. The van der Waals surface area contributed by atoms with Gasteiger partial charge in [0, 0.05) is 49.1 Å². The first-order valence-electron chi connectivity index (χ1n) is 16.9. The molecular formula is C46H29N3. The molecule has 8 aromatic carbocycles. The Labute approximate surface area is 282 Å². The third-order valence-electron chi connectivity index (χ3n) is 10.4. The smallest absolute Gasteiger partial charge is 0.0549 e. The highest BCUT2D eigenvalue weighted by atomic mass is 15.0. The van der Waals surface area contributed by atoms with E-state index in [-0.39, 0.29) is 0 Å². The maximum atomic E-state index is 2.46. The second-order valence-corrected chi connectivity index (χ2v) is 12.9. The van der Waals surface area contributed by atoms with E-state index in [2.05, 4.69) is 190 Å². The van der Waals surface area contributed by atoms with E-state index < -0.39 is 0 Å². The first kappa shape index (κ1) is 26.5. The van der Waals surface area contributed by atoms with Crippen LogP contribution in [0.3, 0.4) is 0 Å². The normalized spacial score (nSPS) is 12.1. The van der Waals surface area contributed by atoms with Crippen molar-refractivity contribution in [3.05, 3.63) is 176 Å². The van der Waals surface area contributed by atoms with Crippen LogP contribution < -0.4 is 0 Å². The Bertz CT molecular complexity index is 3040. The van der Waals surface area contributed by atoms with E-state index in [1.807, 2.05) is 0 Å². The lowest BCUT2D eigenvalue weighted by Gasteiger charge is -2.12. The first-order chi connectivity index (χ1) is 24.3. The van der Waals surface area contributed by atoms with Crippen LogP contribution in [0.25, 0.3) is 93.3 Å².